The predicted molar refractivity (Wildman–Crippen MR) is 114 cm³/mol. The van der Waals surface area contributed by atoms with Crippen LogP contribution in [0.15, 0.2) is 47.8 Å². The quantitative estimate of drug-likeness (QED) is 0.624. The minimum atomic E-state index is -0.128. The van der Waals surface area contributed by atoms with E-state index in [1.807, 2.05) is 41.0 Å². The Morgan fingerprint density at radius 2 is 2.07 bits per heavy atom. The largest absolute Gasteiger partial charge is 0.310 e. The second-order valence-corrected chi connectivity index (χ2v) is 7.95. The van der Waals surface area contributed by atoms with Gasteiger partial charge in [0.1, 0.15) is 22.1 Å². The van der Waals surface area contributed by atoms with E-state index in [0.29, 0.717) is 27.1 Å². The molecule has 0 N–H and O–H groups in total. The Kier molecular flexibility index (Phi) is 5.54. The third kappa shape index (κ3) is 3.71. The van der Waals surface area contributed by atoms with Crippen molar-refractivity contribution in [1.29, 1.82) is 5.26 Å². The molecule has 1 aromatic carbocycles. The smallest absolute Gasteiger partial charge is 0.269 e. The van der Waals surface area contributed by atoms with Crippen LogP contribution < -0.4 is 14.8 Å². The molecular weight excluding hydrogens is 382 g/mol. The van der Waals surface area contributed by atoms with Gasteiger partial charge in [0.2, 0.25) is 0 Å². The van der Waals surface area contributed by atoms with Crippen molar-refractivity contribution in [2.24, 2.45) is 0 Å². The van der Waals surface area contributed by atoms with Crippen LogP contribution in [0.2, 0.25) is 0 Å². The Labute approximate surface area is 172 Å². The molecule has 29 heavy (non-hydrogen) atoms. The van der Waals surface area contributed by atoms with Crippen molar-refractivity contribution in [2.45, 2.75) is 38.8 Å². The first-order chi connectivity index (χ1) is 14.2. The molecule has 3 heterocycles. The number of benzene rings is 1. The fraction of sp³-hybridized carbons (Fsp3) is 0.273. The highest BCUT2D eigenvalue weighted by atomic mass is 32.1. The van der Waals surface area contributed by atoms with E-state index in [4.69, 9.17) is 0 Å². The number of aromatic nitrogens is 4. The molecule has 2 aromatic heterocycles. The molecular formula is C22H21N5OS. The maximum Gasteiger partial charge on any atom is 0.269 e. The first-order valence-corrected chi connectivity index (χ1v) is 10.5. The summed E-state index contributed by atoms with van der Waals surface area (Å²) < 4.78 is 4.81. The standard InChI is InChI=1S/C22H21N5OS/c1-2-12-27-21(28)18(14-16-9-5-3-6-10-16)29-22(27)17(15-23)20-25-24-19-11-7-4-8-13-26(19)20/h2-3,5-6,9-10,14H,1,4,7-8,11-13H2/b18-14-,22-17+. The Morgan fingerprint density at radius 1 is 1.24 bits per heavy atom. The van der Waals surface area contributed by atoms with E-state index in [-0.39, 0.29) is 5.56 Å². The van der Waals surface area contributed by atoms with Crippen LogP contribution in [-0.4, -0.2) is 19.3 Å². The first kappa shape index (κ1) is 19.1. The molecule has 0 bridgehead atoms. The normalized spacial score (nSPS) is 15.3. The summed E-state index contributed by atoms with van der Waals surface area (Å²) in [5.41, 5.74) is 1.21. The van der Waals surface area contributed by atoms with Gasteiger partial charge in [0.05, 0.1) is 4.53 Å². The van der Waals surface area contributed by atoms with Crippen molar-refractivity contribution in [2.75, 3.05) is 0 Å². The van der Waals surface area contributed by atoms with Gasteiger partial charge in [-0.05, 0) is 24.5 Å². The number of thiazole rings is 1. The molecule has 1 aliphatic rings. The van der Waals surface area contributed by atoms with Crippen molar-refractivity contribution in [3.63, 3.8) is 0 Å². The van der Waals surface area contributed by atoms with Crippen LogP contribution in [0.5, 0.6) is 0 Å². The number of allylic oxidation sites excluding steroid dienone is 1. The fourth-order valence-corrected chi connectivity index (χ4v) is 4.67. The van der Waals surface area contributed by atoms with Crippen molar-refractivity contribution < 1.29 is 0 Å². The highest BCUT2D eigenvalue weighted by Gasteiger charge is 2.20. The molecule has 4 rings (SSSR count). The maximum atomic E-state index is 13.0. The van der Waals surface area contributed by atoms with Crippen LogP contribution in [-0.2, 0) is 19.5 Å². The summed E-state index contributed by atoms with van der Waals surface area (Å²) in [6.07, 6.45) is 7.65. The van der Waals surface area contributed by atoms with E-state index in [0.717, 1.165) is 43.6 Å². The summed E-state index contributed by atoms with van der Waals surface area (Å²) in [7, 11) is 0. The SMILES string of the molecule is C=CCn1c(=O)/c(=C/c2ccccc2)s/c1=C(\C#N)c1nnc2n1CCCCC2. The van der Waals surface area contributed by atoms with Gasteiger partial charge in [0, 0.05) is 19.5 Å². The molecule has 0 amide bonds. The Bertz CT molecular complexity index is 1260. The van der Waals surface area contributed by atoms with Crippen LogP contribution >= 0.6 is 11.3 Å². The summed E-state index contributed by atoms with van der Waals surface area (Å²) in [6.45, 7) is 4.90. The number of aryl methyl sites for hydroxylation is 1. The molecule has 146 valence electrons. The van der Waals surface area contributed by atoms with Crippen molar-refractivity contribution >= 4 is 23.0 Å². The molecule has 0 saturated heterocycles. The van der Waals surface area contributed by atoms with Gasteiger partial charge in [-0.2, -0.15) is 5.26 Å². The van der Waals surface area contributed by atoms with Gasteiger partial charge >= 0.3 is 0 Å². The average Bonchev–Trinajstić information content (AvgIpc) is 3.16. The van der Waals surface area contributed by atoms with Crippen molar-refractivity contribution in [1.82, 2.24) is 19.3 Å². The monoisotopic (exact) mass is 403 g/mol. The molecule has 1 aliphatic heterocycles. The number of nitriles is 1. The second-order valence-electron chi connectivity index (χ2n) is 6.92. The van der Waals surface area contributed by atoms with Crippen LogP contribution in [0.3, 0.4) is 0 Å². The lowest BCUT2D eigenvalue weighted by Crippen LogP contribution is -2.32. The van der Waals surface area contributed by atoms with Gasteiger partial charge in [0.15, 0.2) is 5.82 Å². The molecule has 0 unspecified atom stereocenters. The van der Waals surface area contributed by atoms with Crippen LogP contribution in [0.25, 0.3) is 11.6 Å². The van der Waals surface area contributed by atoms with E-state index in [2.05, 4.69) is 22.8 Å². The van der Waals surface area contributed by atoms with Crippen LogP contribution in [0.4, 0.5) is 0 Å². The molecule has 0 fully saturated rings. The van der Waals surface area contributed by atoms with Gasteiger partial charge in [-0.3, -0.25) is 9.36 Å². The highest BCUT2D eigenvalue weighted by molar-refractivity contribution is 7.07. The Morgan fingerprint density at radius 3 is 2.83 bits per heavy atom. The van der Waals surface area contributed by atoms with Crippen LogP contribution in [0.1, 0.15) is 36.5 Å². The molecule has 3 aromatic rings. The van der Waals surface area contributed by atoms with Gasteiger partial charge in [-0.1, -0.05) is 42.8 Å². The molecule has 0 saturated carbocycles. The highest BCUT2D eigenvalue weighted by Crippen LogP contribution is 2.18. The lowest BCUT2D eigenvalue weighted by atomic mass is 10.2. The zero-order valence-electron chi connectivity index (χ0n) is 16.0. The lowest BCUT2D eigenvalue weighted by Gasteiger charge is -2.06. The van der Waals surface area contributed by atoms with Gasteiger partial charge in [-0.25, -0.2) is 0 Å². The van der Waals surface area contributed by atoms with E-state index < -0.39 is 0 Å². The average molecular weight is 404 g/mol. The fourth-order valence-electron chi connectivity index (χ4n) is 3.56. The summed E-state index contributed by atoms with van der Waals surface area (Å²) in [5.74, 6) is 1.46. The van der Waals surface area contributed by atoms with E-state index in [1.54, 1.807) is 10.6 Å². The minimum Gasteiger partial charge on any atom is -0.310 e. The van der Waals surface area contributed by atoms with E-state index >= 15 is 0 Å². The van der Waals surface area contributed by atoms with Crippen molar-refractivity contribution in [3.8, 4) is 6.07 Å². The van der Waals surface area contributed by atoms with Crippen LogP contribution in [0, 0.1) is 11.3 Å². The van der Waals surface area contributed by atoms with Gasteiger partial charge < -0.3 is 4.57 Å². The number of fused-ring (bicyclic) bond motifs is 1. The van der Waals surface area contributed by atoms with Gasteiger partial charge in [-0.15, -0.1) is 28.1 Å². The van der Waals surface area contributed by atoms with E-state index in [1.165, 1.54) is 11.3 Å². The Balaban J connectivity index is 1.99. The Hall–Kier alpha value is -3.24. The molecule has 6 nitrogen and oxygen atoms in total. The number of rotatable bonds is 4. The summed E-state index contributed by atoms with van der Waals surface area (Å²) >= 11 is 1.31. The topological polar surface area (TPSA) is 76.5 Å². The number of hydrogen-bond acceptors (Lipinski definition) is 5. The minimum absolute atomic E-state index is 0.128. The molecule has 0 atom stereocenters. The second kappa shape index (κ2) is 8.41. The first-order valence-electron chi connectivity index (χ1n) is 9.67. The molecule has 0 spiro atoms. The zero-order chi connectivity index (χ0) is 20.2. The zero-order valence-corrected chi connectivity index (χ0v) is 16.9. The summed E-state index contributed by atoms with van der Waals surface area (Å²) in [5, 5.41) is 18.6. The molecule has 0 aliphatic carbocycles. The maximum absolute atomic E-state index is 13.0. The third-order valence-electron chi connectivity index (χ3n) is 4.98. The lowest BCUT2D eigenvalue weighted by molar-refractivity contribution is 0.626. The van der Waals surface area contributed by atoms with Gasteiger partial charge in [0.25, 0.3) is 5.56 Å². The number of nitrogens with zero attached hydrogens (tertiary/aromatic N) is 5. The molecule has 0 radical (unpaired) electrons. The molecule has 7 heteroatoms. The predicted octanol–water partition coefficient (Wildman–Crippen LogP) is 1.97. The summed E-state index contributed by atoms with van der Waals surface area (Å²) in [4.78, 5) is 13.0. The summed E-state index contributed by atoms with van der Waals surface area (Å²) in [6, 6.07) is 12.0. The van der Waals surface area contributed by atoms with Crippen molar-refractivity contribution in [3.05, 3.63) is 79.7 Å². The number of hydrogen-bond donors (Lipinski definition) is 0. The van der Waals surface area contributed by atoms with E-state index in [9.17, 15) is 10.1 Å². The third-order valence-corrected chi connectivity index (χ3v) is 6.11.